The number of hydrogen-bond donors (Lipinski definition) is 3. The van der Waals surface area contributed by atoms with Gasteiger partial charge >= 0.3 is 6.09 Å². The second-order valence-corrected chi connectivity index (χ2v) is 11.1. The molecule has 9 nitrogen and oxygen atoms in total. The van der Waals surface area contributed by atoms with Gasteiger partial charge in [-0.3, -0.25) is 9.35 Å². The quantitative estimate of drug-likeness (QED) is 0.362. The molecule has 2 aromatic carbocycles. The lowest BCUT2D eigenvalue weighted by Crippen LogP contribution is -2.51. The SMILES string of the molecule is CCC(CCS(=O)(=O)O)NC(=O)[C@H](Cc1ccc(OC(C)(C)C)cc1)NC(=O)OCc1ccccc1. The zero-order chi connectivity index (χ0) is 26.8. The summed E-state index contributed by atoms with van der Waals surface area (Å²) in [5.74, 6) is -0.277. The van der Waals surface area contributed by atoms with Crippen LogP contribution in [0.3, 0.4) is 0 Å². The predicted molar refractivity (Wildman–Crippen MR) is 137 cm³/mol. The van der Waals surface area contributed by atoms with Crippen LogP contribution in [-0.4, -0.2) is 48.4 Å². The lowest BCUT2D eigenvalue weighted by molar-refractivity contribution is -0.123. The zero-order valence-electron chi connectivity index (χ0n) is 21.2. The molecule has 0 saturated heterocycles. The van der Waals surface area contributed by atoms with Crippen LogP contribution in [0.5, 0.6) is 5.75 Å². The van der Waals surface area contributed by atoms with Crippen LogP contribution >= 0.6 is 0 Å². The van der Waals surface area contributed by atoms with Gasteiger partial charge in [-0.15, -0.1) is 0 Å². The number of carbonyl (C=O) groups excluding carboxylic acids is 2. The first-order valence-electron chi connectivity index (χ1n) is 11.9. The lowest BCUT2D eigenvalue weighted by Gasteiger charge is -2.23. The van der Waals surface area contributed by atoms with Crippen LogP contribution in [0, 0.1) is 0 Å². The number of rotatable bonds is 12. The molecule has 0 fully saturated rings. The Morgan fingerprint density at radius 2 is 1.61 bits per heavy atom. The van der Waals surface area contributed by atoms with Crippen molar-refractivity contribution in [1.82, 2.24) is 10.6 Å². The summed E-state index contributed by atoms with van der Waals surface area (Å²) in [6.07, 6.45) is -0.0784. The van der Waals surface area contributed by atoms with Gasteiger partial charge in [0, 0.05) is 12.5 Å². The molecule has 2 aromatic rings. The van der Waals surface area contributed by atoms with E-state index in [-0.39, 0.29) is 25.0 Å². The largest absolute Gasteiger partial charge is 0.488 e. The number of nitrogens with one attached hydrogen (secondary N) is 2. The molecule has 2 atom stereocenters. The highest BCUT2D eigenvalue weighted by atomic mass is 32.2. The van der Waals surface area contributed by atoms with Crippen molar-refractivity contribution in [1.29, 1.82) is 0 Å². The first kappa shape index (κ1) is 29.1. The van der Waals surface area contributed by atoms with Gasteiger partial charge in [-0.2, -0.15) is 8.42 Å². The second kappa shape index (κ2) is 13.3. The molecule has 0 aliphatic rings. The second-order valence-electron chi connectivity index (χ2n) is 9.51. The van der Waals surface area contributed by atoms with Crippen molar-refractivity contribution in [3.8, 4) is 5.75 Å². The molecular formula is C26H36N2O7S. The summed E-state index contributed by atoms with van der Waals surface area (Å²) in [6.45, 7) is 7.67. The molecule has 10 heteroatoms. The summed E-state index contributed by atoms with van der Waals surface area (Å²) in [6, 6.07) is 14.9. The number of alkyl carbamates (subject to hydrolysis) is 1. The molecule has 0 aromatic heterocycles. The van der Waals surface area contributed by atoms with Gasteiger partial charge in [0.05, 0.1) is 5.75 Å². The Hall–Kier alpha value is -3.11. The topological polar surface area (TPSA) is 131 Å². The van der Waals surface area contributed by atoms with Crippen molar-refractivity contribution in [3.05, 3.63) is 65.7 Å². The maximum absolute atomic E-state index is 13.1. The van der Waals surface area contributed by atoms with Crippen molar-refractivity contribution in [2.45, 2.75) is 71.2 Å². The van der Waals surface area contributed by atoms with Crippen molar-refractivity contribution >= 4 is 22.1 Å². The highest BCUT2D eigenvalue weighted by Crippen LogP contribution is 2.19. The Balaban J connectivity index is 2.10. The fourth-order valence-corrected chi connectivity index (χ4v) is 3.95. The lowest BCUT2D eigenvalue weighted by atomic mass is 10.0. The van der Waals surface area contributed by atoms with E-state index in [2.05, 4.69) is 10.6 Å². The van der Waals surface area contributed by atoms with Crippen LogP contribution in [0.25, 0.3) is 0 Å². The zero-order valence-corrected chi connectivity index (χ0v) is 22.0. The monoisotopic (exact) mass is 520 g/mol. The van der Waals surface area contributed by atoms with Gasteiger partial charge in [-0.05, 0) is 56.9 Å². The molecule has 0 bridgehead atoms. The fourth-order valence-electron chi connectivity index (χ4n) is 3.37. The van der Waals surface area contributed by atoms with Gasteiger partial charge in [-0.1, -0.05) is 49.4 Å². The molecule has 0 saturated carbocycles. The normalized spacial score (nSPS) is 13.4. The van der Waals surface area contributed by atoms with E-state index < -0.39 is 40.0 Å². The Kier molecular flexibility index (Phi) is 10.7. The molecule has 1 unspecified atom stereocenters. The average Bonchev–Trinajstić information content (AvgIpc) is 2.80. The number of ether oxygens (including phenoxy) is 2. The van der Waals surface area contributed by atoms with Crippen molar-refractivity contribution < 1.29 is 32.0 Å². The smallest absolute Gasteiger partial charge is 0.408 e. The fraction of sp³-hybridized carbons (Fsp3) is 0.462. The standard InChI is InChI=1S/C26H36N2O7S/c1-5-21(15-16-36(31,32)33)27-24(29)23(28-25(30)34-18-20-9-7-6-8-10-20)17-19-11-13-22(14-12-19)35-26(2,3)4/h6-14,21,23H,5,15-18H2,1-4H3,(H,27,29)(H,28,30)(H,31,32,33)/t21?,23-/m0/s1. The minimum atomic E-state index is -4.16. The predicted octanol–water partition coefficient (Wildman–Crippen LogP) is 3.87. The molecule has 0 heterocycles. The highest BCUT2D eigenvalue weighted by molar-refractivity contribution is 7.85. The van der Waals surface area contributed by atoms with Crippen LogP contribution in [0.15, 0.2) is 54.6 Å². The molecule has 2 rings (SSSR count). The average molecular weight is 521 g/mol. The molecule has 0 radical (unpaired) electrons. The van der Waals surface area contributed by atoms with Gasteiger partial charge < -0.3 is 20.1 Å². The number of hydrogen-bond acceptors (Lipinski definition) is 6. The molecule has 3 N–H and O–H groups in total. The van der Waals surface area contributed by atoms with Gasteiger partial charge in [0.2, 0.25) is 5.91 Å². The molecule has 0 aliphatic heterocycles. The van der Waals surface area contributed by atoms with Crippen LogP contribution in [0.2, 0.25) is 0 Å². The first-order valence-corrected chi connectivity index (χ1v) is 13.5. The summed E-state index contributed by atoms with van der Waals surface area (Å²) in [5.41, 5.74) is 1.23. The van der Waals surface area contributed by atoms with Crippen LogP contribution in [-0.2, 0) is 32.7 Å². The number of benzene rings is 2. The third-order valence-electron chi connectivity index (χ3n) is 5.17. The molecular weight excluding hydrogens is 484 g/mol. The Labute approximate surface area is 213 Å². The van der Waals surface area contributed by atoms with Crippen LogP contribution < -0.4 is 15.4 Å². The Bertz CT molecular complexity index is 1080. The van der Waals surface area contributed by atoms with Gasteiger partial charge in [0.25, 0.3) is 10.1 Å². The summed E-state index contributed by atoms with van der Waals surface area (Å²) >= 11 is 0. The summed E-state index contributed by atoms with van der Waals surface area (Å²) < 4.78 is 42.4. The Morgan fingerprint density at radius 1 is 0.972 bits per heavy atom. The van der Waals surface area contributed by atoms with E-state index in [0.717, 1.165) is 11.1 Å². The van der Waals surface area contributed by atoms with E-state index in [1.807, 2.05) is 63.2 Å². The van der Waals surface area contributed by atoms with Gasteiger partial charge in [-0.25, -0.2) is 4.79 Å². The molecule has 2 amide bonds. The highest BCUT2D eigenvalue weighted by Gasteiger charge is 2.25. The van der Waals surface area contributed by atoms with E-state index in [4.69, 9.17) is 14.0 Å². The minimum Gasteiger partial charge on any atom is -0.488 e. The van der Waals surface area contributed by atoms with Crippen molar-refractivity contribution in [3.63, 3.8) is 0 Å². The molecule has 0 aliphatic carbocycles. The summed E-state index contributed by atoms with van der Waals surface area (Å²) in [5, 5.41) is 5.39. The Morgan fingerprint density at radius 3 is 2.17 bits per heavy atom. The molecule has 36 heavy (non-hydrogen) atoms. The maximum atomic E-state index is 13.1. The summed E-state index contributed by atoms with van der Waals surface area (Å²) in [7, 11) is -4.16. The van der Waals surface area contributed by atoms with E-state index in [1.54, 1.807) is 19.1 Å². The van der Waals surface area contributed by atoms with Gasteiger partial charge in [0.15, 0.2) is 0 Å². The number of carbonyl (C=O) groups is 2. The third-order valence-corrected chi connectivity index (χ3v) is 5.92. The maximum Gasteiger partial charge on any atom is 0.408 e. The number of amides is 2. The van der Waals surface area contributed by atoms with Gasteiger partial charge in [0.1, 0.15) is 24.0 Å². The third kappa shape index (κ3) is 11.5. The van der Waals surface area contributed by atoms with E-state index in [1.165, 1.54) is 0 Å². The van der Waals surface area contributed by atoms with Crippen molar-refractivity contribution in [2.75, 3.05) is 5.75 Å². The minimum absolute atomic E-state index is 0.0467. The van der Waals surface area contributed by atoms with Crippen molar-refractivity contribution in [2.24, 2.45) is 0 Å². The molecule has 198 valence electrons. The van der Waals surface area contributed by atoms with Crippen LogP contribution in [0.1, 0.15) is 51.7 Å². The van der Waals surface area contributed by atoms with Crippen LogP contribution in [0.4, 0.5) is 4.79 Å². The molecule has 0 spiro atoms. The van der Waals surface area contributed by atoms with E-state index in [0.29, 0.717) is 12.2 Å². The summed E-state index contributed by atoms with van der Waals surface area (Å²) in [4.78, 5) is 25.6. The van der Waals surface area contributed by atoms with E-state index >= 15 is 0 Å². The van der Waals surface area contributed by atoms with E-state index in [9.17, 15) is 18.0 Å². The first-order chi connectivity index (χ1) is 16.8.